The Bertz CT molecular complexity index is 750. The molecular formula is C18H20N2O3S. The fourth-order valence-corrected chi connectivity index (χ4v) is 3.68. The Morgan fingerprint density at radius 1 is 1.50 bits per heavy atom. The zero-order chi connectivity index (χ0) is 17.0. The van der Waals surface area contributed by atoms with Crippen LogP contribution in [0, 0.1) is 19.3 Å². The van der Waals surface area contributed by atoms with Gasteiger partial charge in [0.15, 0.2) is 0 Å². The predicted molar refractivity (Wildman–Crippen MR) is 92.0 cm³/mol. The highest BCUT2D eigenvalue weighted by Crippen LogP contribution is 2.30. The summed E-state index contributed by atoms with van der Waals surface area (Å²) in [5.41, 5.74) is 0.164. The normalized spacial score (nSPS) is 16.3. The lowest BCUT2D eigenvalue weighted by Crippen LogP contribution is -2.48. The van der Waals surface area contributed by atoms with Gasteiger partial charge in [-0.15, -0.1) is 17.8 Å². The molecule has 3 rings (SSSR count). The third-order valence-corrected chi connectivity index (χ3v) is 5.12. The van der Waals surface area contributed by atoms with Crippen molar-refractivity contribution in [3.8, 4) is 18.1 Å². The zero-order valence-corrected chi connectivity index (χ0v) is 14.4. The maximum atomic E-state index is 12.7. The van der Waals surface area contributed by atoms with E-state index in [1.54, 1.807) is 6.07 Å². The highest BCUT2D eigenvalue weighted by molar-refractivity contribution is 7.12. The van der Waals surface area contributed by atoms with Crippen LogP contribution < -0.4 is 10.1 Å². The number of carbonyl (C=O) groups excluding carboxylic acids is 1. The van der Waals surface area contributed by atoms with Crippen LogP contribution >= 0.6 is 11.3 Å². The average Bonchev–Trinajstić information content (AvgIpc) is 3.22. The van der Waals surface area contributed by atoms with Crippen LogP contribution in [0.15, 0.2) is 22.0 Å². The molecule has 6 heteroatoms. The molecule has 0 aromatic carbocycles. The van der Waals surface area contributed by atoms with Crippen molar-refractivity contribution in [1.82, 2.24) is 10.5 Å². The molecule has 5 nitrogen and oxygen atoms in total. The summed E-state index contributed by atoms with van der Waals surface area (Å²) in [7, 11) is 0. The maximum absolute atomic E-state index is 12.7. The number of hydrogen-bond acceptors (Lipinski definition) is 5. The van der Waals surface area contributed by atoms with Gasteiger partial charge in [-0.25, -0.2) is 0 Å². The molecule has 1 aliphatic carbocycles. The molecule has 2 heterocycles. The standard InChI is InChI=1S/C18H20N2O3S/c1-3-18(8-5-4-6-9-18)19-17(21)16-15(7-10-24-16)22-12-14-11-13(2)23-20-14/h1,7,10-11H,4-6,8-9,12H2,2H3,(H,19,21). The van der Waals surface area contributed by atoms with Crippen LogP contribution in [0.4, 0.5) is 0 Å². The topological polar surface area (TPSA) is 64.4 Å². The van der Waals surface area contributed by atoms with E-state index < -0.39 is 5.54 Å². The second-order valence-electron chi connectivity index (χ2n) is 6.07. The van der Waals surface area contributed by atoms with E-state index in [2.05, 4.69) is 16.4 Å². The van der Waals surface area contributed by atoms with Gasteiger partial charge >= 0.3 is 0 Å². The molecule has 0 saturated heterocycles. The smallest absolute Gasteiger partial charge is 0.266 e. The third kappa shape index (κ3) is 3.62. The Morgan fingerprint density at radius 3 is 2.96 bits per heavy atom. The minimum atomic E-state index is -0.528. The summed E-state index contributed by atoms with van der Waals surface area (Å²) in [4.78, 5) is 13.2. The molecular weight excluding hydrogens is 324 g/mol. The largest absolute Gasteiger partial charge is 0.485 e. The first-order chi connectivity index (χ1) is 11.6. The average molecular weight is 344 g/mol. The van der Waals surface area contributed by atoms with Crippen LogP contribution in [-0.2, 0) is 6.61 Å². The lowest BCUT2D eigenvalue weighted by molar-refractivity contribution is 0.0904. The second-order valence-corrected chi connectivity index (χ2v) is 6.99. The minimum Gasteiger partial charge on any atom is -0.485 e. The quantitative estimate of drug-likeness (QED) is 0.840. The molecule has 126 valence electrons. The fourth-order valence-electron chi connectivity index (χ4n) is 2.95. The highest BCUT2D eigenvalue weighted by Gasteiger charge is 2.32. The third-order valence-electron chi connectivity index (χ3n) is 4.22. The molecule has 0 bridgehead atoms. The zero-order valence-electron chi connectivity index (χ0n) is 13.6. The van der Waals surface area contributed by atoms with E-state index in [1.807, 2.05) is 18.4 Å². The number of amides is 1. The van der Waals surface area contributed by atoms with Gasteiger partial charge in [0, 0.05) is 6.07 Å². The molecule has 1 fully saturated rings. The lowest BCUT2D eigenvalue weighted by Gasteiger charge is -2.33. The Balaban J connectivity index is 1.67. The van der Waals surface area contributed by atoms with E-state index in [9.17, 15) is 4.79 Å². The molecule has 2 aromatic heterocycles. The molecule has 0 atom stereocenters. The van der Waals surface area contributed by atoms with E-state index in [1.165, 1.54) is 17.8 Å². The monoisotopic (exact) mass is 344 g/mol. The highest BCUT2D eigenvalue weighted by atomic mass is 32.1. The Labute approximate surface area is 145 Å². The molecule has 2 aromatic rings. The number of thiophene rings is 1. The second kappa shape index (κ2) is 7.10. The van der Waals surface area contributed by atoms with Crippen LogP contribution in [0.3, 0.4) is 0 Å². The molecule has 24 heavy (non-hydrogen) atoms. The summed E-state index contributed by atoms with van der Waals surface area (Å²) >= 11 is 1.35. The number of aryl methyl sites for hydroxylation is 1. The van der Waals surface area contributed by atoms with Crippen molar-refractivity contribution in [3.63, 3.8) is 0 Å². The van der Waals surface area contributed by atoms with Crippen molar-refractivity contribution in [2.75, 3.05) is 0 Å². The van der Waals surface area contributed by atoms with Crippen LogP contribution in [0.2, 0.25) is 0 Å². The van der Waals surface area contributed by atoms with Gasteiger partial charge in [0.2, 0.25) is 0 Å². The van der Waals surface area contributed by atoms with Gasteiger partial charge in [0.05, 0.1) is 0 Å². The number of rotatable bonds is 5. The van der Waals surface area contributed by atoms with Crippen molar-refractivity contribution < 1.29 is 14.1 Å². The first-order valence-electron chi connectivity index (χ1n) is 8.05. The number of aromatic nitrogens is 1. The van der Waals surface area contributed by atoms with E-state index in [4.69, 9.17) is 15.7 Å². The molecule has 1 N–H and O–H groups in total. The number of ether oxygens (including phenoxy) is 1. The SMILES string of the molecule is C#CC1(NC(=O)c2sccc2OCc2cc(C)on2)CCCCC1. The van der Waals surface area contributed by atoms with Crippen LogP contribution in [0.1, 0.15) is 53.2 Å². The summed E-state index contributed by atoms with van der Waals surface area (Å²) in [5.74, 6) is 3.90. The number of carbonyl (C=O) groups is 1. The Morgan fingerprint density at radius 2 is 2.29 bits per heavy atom. The molecule has 1 amide bonds. The van der Waals surface area contributed by atoms with E-state index >= 15 is 0 Å². The van der Waals surface area contributed by atoms with Crippen LogP contribution in [0.25, 0.3) is 0 Å². The van der Waals surface area contributed by atoms with Crippen molar-refractivity contribution in [2.24, 2.45) is 0 Å². The summed E-state index contributed by atoms with van der Waals surface area (Å²) in [6, 6.07) is 3.59. The van der Waals surface area contributed by atoms with Crippen molar-refractivity contribution in [2.45, 2.75) is 51.2 Å². The van der Waals surface area contributed by atoms with Crippen molar-refractivity contribution in [1.29, 1.82) is 0 Å². The van der Waals surface area contributed by atoms with E-state index in [0.29, 0.717) is 16.3 Å². The van der Waals surface area contributed by atoms with Gasteiger partial charge in [0.1, 0.15) is 34.2 Å². The van der Waals surface area contributed by atoms with Gasteiger partial charge < -0.3 is 14.6 Å². The Kier molecular flexibility index (Phi) is 4.91. The minimum absolute atomic E-state index is 0.170. The summed E-state index contributed by atoms with van der Waals surface area (Å²) in [5, 5.41) is 8.77. The predicted octanol–water partition coefficient (Wildman–Crippen LogP) is 3.69. The molecule has 0 radical (unpaired) electrons. The van der Waals surface area contributed by atoms with Gasteiger partial charge in [-0.2, -0.15) is 0 Å². The number of terminal acetylenes is 1. The summed E-state index contributed by atoms with van der Waals surface area (Å²) in [6.45, 7) is 2.08. The Hall–Kier alpha value is -2.26. The van der Waals surface area contributed by atoms with Crippen LogP contribution in [0.5, 0.6) is 5.75 Å². The lowest BCUT2D eigenvalue weighted by atomic mass is 9.82. The fraction of sp³-hybridized carbons (Fsp3) is 0.444. The number of nitrogens with zero attached hydrogens (tertiary/aromatic N) is 1. The van der Waals surface area contributed by atoms with Gasteiger partial charge in [0.25, 0.3) is 5.91 Å². The summed E-state index contributed by atoms with van der Waals surface area (Å²) < 4.78 is 10.7. The molecule has 0 aliphatic heterocycles. The molecule has 0 spiro atoms. The summed E-state index contributed by atoms with van der Waals surface area (Å²) in [6.07, 6.45) is 10.6. The first-order valence-corrected chi connectivity index (χ1v) is 8.93. The van der Waals surface area contributed by atoms with E-state index in [0.717, 1.165) is 31.4 Å². The maximum Gasteiger partial charge on any atom is 0.266 e. The number of hydrogen-bond donors (Lipinski definition) is 1. The molecule has 1 saturated carbocycles. The molecule has 0 unspecified atom stereocenters. The van der Waals surface area contributed by atoms with Gasteiger partial charge in [-0.1, -0.05) is 30.3 Å². The van der Waals surface area contributed by atoms with Gasteiger partial charge in [-0.05, 0) is 31.2 Å². The van der Waals surface area contributed by atoms with Gasteiger partial charge in [-0.3, -0.25) is 4.79 Å². The number of nitrogens with one attached hydrogen (secondary N) is 1. The first kappa shape index (κ1) is 16.6. The molecule has 1 aliphatic rings. The van der Waals surface area contributed by atoms with Crippen molar-refractivity contribution >= 4 is 17.2 Å². The van der Waals surface area contributed by atoms with Crippen LogP contribution in [-0.4, -0.2) is 16.6 Å². The van der Waals surface area contributed by atoms with Crippen molar-refractivity contribution in [3.05, 3.63) is 33.8 Å². The van der Waals surface area contributed by atoms with E-state index in [-0.39, 0.29) is 12.5 Å².